The summed E-state index contributed by atoms with van der Waals surface area (Å²) >= 11 is 1.45. The molecular weight excluding hydrogens is 402 g/mol. The zero-order valence-electron chi connectivity index (χ0n) is 17.5. The van der Waals surface area contributed by atoms with Gasteiger partial charge in [0.15, 0.2) is 0 Å². The summed E-state index contributed by atoms with van der Waals surface area (Å²) in [6, 6.07) is 0. The van der Waals surface area contributed by atoms with Gasteiger partial charge >= 0.3 is 11.9 Å². The number of amides is 1. The van der Waals surface area contributed by atoms with E-state index in [4.69, 9.17) is 4.74 Å². The van der Waals surface area contributed by atoms with E-state index in [0.29, 0.717) is 10.6 Å². The van der Waals surface area contributed by atoms with Crippen LogP contribution >= 0.6 is 11.3 Å². The van der Waals surface area contributed by atoms with E-state index < -0.39 is 23.8 Å². The zero-order valence-corrected chi connectivity index (χ0v) is 18.3. The molecule has 4 aliphatic rings. The number of allylic oxidation sites excluding steroid dienone is 2. The normalized spacial score (nSPS) is 27.4. The lowest BCUT2D eigenvalue weighted by Gasteiger charge is -2.41. The first kappa shape index (κ1) is 21.1. The van der Waals surface area contributed by atoms with E-state index in [2.05, 4.69) is 5.32 Å². The second-order valence-electron chi connectivity index (χ2n) is 8.89. The average molecular weight is 432 g/mol. The molecule has 7 heteroatoms. The highest BCUT2D eigenvalue weighted by Gasteiger charge is 2.48. The number of aryl methyl sites for hydroxylation is 1. The molecule has 4 atom stereocenters. The van der Waals surface area contributed by atoms with E-state index in [1.165, 1.54) is 11.3 Å². The number of fused-ring (bicyclic) bond motifs is 3. The van der Waals surface area contributed by atoms with Crippen LogP contribution in [0.2, 0.25) is 0 Å². The average Bonchev–Trinajstić information content (AvgIpc) is 2.88. The third kappa shape index (κ3) is 3.92. The largest absolute Gasteiger partial charge is 0.481 e. The second kappa shape index (κ2) is 8.53. The highest BCUT2D eigenvalue weighted by atomic mass is 32.1. The van der Waals surface area contributed by atoms with Crippen LogP contribution in [-0.4, -0.2) is 29.1 Å². The summed E-state index contributed by atoms with van der Waals surface area (Å²) in [4.78, 5) is 39.3. The first-order chi connectivity index (χ1) is 14.4. The lowest BCUT2D eigenvalue weighted by molar-refractivity contribution is -0.151. The summed E-state index contributed by atoms with van der Waals surface area (Å²) in [6.45, 7) is 3.62. The van der Waals surface area contributed by atoms with Gasteiger partial charge in [0, 0.05) is 4.88 Å². The van der Waals surface area contributed by atoms with E-state index in [9.17, 15) is 19.5 Å². The van der Waals surface area contributed by atoms with Crippen molar-refractivity contribution < 1.29 is 24.2 Å². The van der Waals surface area contributed by atoms with Crippen molar-refractivity contribution in [2.45, 2.75) is 64.9 Å². The van der Waals surface area contributed by atoms with Crippen LogP contribution in [-0.2, 0) is 27.2 Å². The number of aliphatic carboxylic acids is 1. The minimum Gasteiger partial charge on any atom is -0.481 e. The number of carbonyl (C=O) groups excluding carboxylic acids is 2. The Labute approximate surface area is 180 Å². The van der Waals surface area contributed by atoms with Crippen molar-refractivity contribution >= 4 is 34.2 Å². The van der Waals surface area contributed by atoms with Gasteiger partial charge in [0.25, 0.3) is 0 Å². The van der Waals surface area contributed by atoms with E-state index in [1.54, 1.807) is 0 Å². The predicted octanol–water partition coefficient (Wildman–Crippen LogP) is 4.43. The number of carboxylic acid groups (broad SMARTS) is 1. The van der Waals surface area contributed by atoms with E-state index in [1.807, 2.05) is 26.0 Å². The summed E-state index contributed by atoms with van der Waals surface area (Å²) in [5.74, 6) is -3.11. The number of thiophene rings is 1. The highest BCUT2D eigenvalue weighted by Crippen LogP contribution is 2.46. The minimum atomic E-state index is -0.921. The van der Waals surface area contributed by atoms with Gasteiger partial charge in [-0.3, -0.25) is 9.59 Å². The van der Waals surface area contributed by atoms with Crippen molar-refractivity contribution in [1.29, 1.82) is 0 Å². The summed E-state index contributed by atoms with van der Waals surface area (Å²) < 4.78 is 5.49. The van der Waals surface area contributed by atoms with Gasteiger partial charge in [0.1, 0.15) is 5.00 Å². The number of hydrogen-bond donors (Lipinski definition) is 2. The first-order valence-corrected chi connectivity index (χ1v) is 11.8. The van der Waals surface area contributed by atoms with Gasteiger partial charge < -0.3 is 15.2 Å². The van der Waals surface area contributed by atoms with Crippen molar-refractivity contribution in [3.8, 4) is 0 Å². The number of rotatable bonds is 5. The van der Waals surface area contributed by atoms with E-state index in [0.717, 1.165) is 55.4 Å². The van der Waals surface area contributed by atoms with Gasteiger partial charge in [0.2, 0.25) is 5.91 Å². The maximum absolute atomic E-state index is 13.3. The fourth-order valence-corrected chi connectivity index (χ4v) is 6.48. The van der Waals surface area contributed by atoms with Crippen molar-refractivity contribution in [1.82, 2.24) is 0 Å². The smallest absolute Gasteiger partial charge is 0.341 e. The Hall–Kier alpha value is -2.15. The number of nitrogens with one attached hydrogen (secondary N) is 1. The molecule has 0 radical (unpaired) electrons. The second-order valence-corrected chi connectivity index (χ2v) is 10.00. The Balaban J connectivity index is 1.65. The molecule has 5 rings (SSSR count). The van der Waals surface area contributed by atoms with Gasteiger partial charge in [-0.1, -0.05) is 18.6 Å². The van der Waals surface area contributed by atoms with Gasteiger partial charge in [-0.05, 0) is 69.8 Å². The molecule has 1 fully saturated rings. The molecule has 0 unspecified atom stereocenters. The van der Waals surface area contributed by atoms with E-state index >= 15 is 0 Å². The van der Waals surface area contributed by atoms with Crippen LogP contribution in [0.5, 0.6) is 0 Å². The maximum Gasteiger partial charge on any atom is 0.341 e. The number of carboxylic acids is 1. The maximum atomic E-state index is 13.3. The molecule has 4 aliphatic carbocycles. The molecule has 2 bridgehead atoms. The summed E-state index contributed by atoms with van der Waals surface area (Å²) in [6.07, 6.45) is 10.2. The third-order valence-electron chi connectivity index (χ3n) is 6.54. The SMILES string of the molecule is CC(C)OC(=O)c1c(NC(=O)[C@H]2[C@@H](C(=O)O)[C@H]3C=C[C@H]2CC3)sc2c1CCCCC2. The summed E-state index contributed by atoms with van der Waals surface area (Å²) in [5.41, 5.74) is 1.47. The fourth-order valence-electron chi connectivity index (χ4n) is 5.20. The Morgan fingerprint density at radius 1 is 1.07 bits per heavy atom. The number of esters is 1. The number of ether oxygens (including phenoxy) is 1. The van der Waals surface area contributed by atoms with Gasteiger partial charge in [-0.2, -0.15) is 0 Å². The predicted molar refractivity (Wildman–Crippen MR) is 115 cm³/mol. The Morgan fingerprint density at radius 3 is 2.37 bits per heavy atom. The lowest BCUT2D eigenvalue weighted by atomic mass is 9.62. The Morgan fingerprint density at radius 2 is 1.73 bits per heavy atom. The van der Waals surface area contributed by atoms with Crippen LogP contribution in [0, 0.1) is 23.7 Å². The molecule has 1 heterocycles. The number of anilines is 1. The van der Waals surface area contributed by atoms with Crippen LogP contribution in [0.3, 0.4) is 0 Å². The van der Waals surface area contributed by atoms with E-state index in [-0.39, 0.29) is 23.8 Å². The zero-order chi connectivity index (χ0) is 21.4. The molecule has 1 aromatic rings. The molecule has 0 aromatic carbocycles. The van der Waals surface area contributed by atoms with Gasteiger partial charge in [-0.25, -0.2) is 4.79 Å². The summed E-state index contributed by atoms with van der Waals surface area (Å²) in [7, 11) is 0. The van der Waals surface area contributed by atoms with Crippen molar-refractivity contribution in [2.24, 2.45) is 23.7 Å². The van der Waals surface area contributed by atoms with Crippen LogP contribution < -0.4 is 5.32 Å². The molecule has 1 aromatic heterocycles. The van der Waals surface area contributed by atoms with Gasteiger partial charge in [0.05, 0.1) is 23.5 Å². The Bertz CT molecular complexity index is 886. The fraction of sp³-hybridized carbons (Fsp3) is 0.609. The lowest BCUT2D eigenvalue weighted by Crippen LogP contribution is -2.47. The molecule has 0 saturated heterocycles. The standard InChI is InChI=1S/C23H29NO5S/c1-12(2)29-23(28)19-15-6-4-3-5-7-16(15)30-21(19)24-20(25)17-13-8-10-14(11-9-13)18(17)22(26)27/h8,10,12-14,17-18H,3-7,9,11H2,1-2H3,(H,24,25)(H,26,27)/t13-,14-,17+,18-/m0/s1. The Kier molecular flexibility index (Phi) is 6.00. The molecule has 1 saturated carbocycles. The molecule has 0 aliphatic heterocycles. The number of carbonyl (C=O) groups is 3. The first-order valence-electron chi connectivity index (χ1n) is 10.9. The molecule has 30 heavy (non-hydrogen) atoms. The van der Waals surface area contributed by atoms with Crippen molar-refractivity contribution in [2.75, 3.05) is 5.32 Å². The van der Waals surface area contributed by atoms with Crippen LogP contribution in [0.4, 0.5) is 5.00 Å². The third-order valence-corrected chi connectivity index (χ3v) is 7.75. The molecule has 2 N–H and O–H groups in total. The molecule has 6 nitrogen and oxygen atoms in total. The van der Waals surface area contributed by atoms with Crippen LogP contribution in [0.1, 0.15) is 66.8 Å². The van der Waals surface area contributed by atoms with Crippen molar-refractivity contribution in [3.63, 3.8) is 0 Å². The molecular formula is C23H29NO5S. The summed E-state index contributed by atoms with van der Waals surface area (Å²) in [5, 5.41) is 13.2. The monoisotopic (exact) mass is 431 g/mol. The molecule has 162 valence electrons. The van der Waals surface area contributed by atoms with Crippen LogP contribution in [0.25, 0.3) is 0 Å². The number of hydrogen-bond acceptors (Lipinski definition) is 5. The topological polar surface area (TPSA) is 92.7 Å². The quantitative estimate of drug-likeness (QED) is 0.409. The molecule has 0 spiro atoms. The van der Waals surface area contributed by atoms with Gasteiger partial charge in [-0.15, -0.1) is 11.3 Å². The minimum absolute atomic E-state index is 0.0695. The van der Waals surface area contributed by atoms with Crippen molar-refractivity contribution in [3.05, 3.63) is 28.2 Å². The highest BCUT2D eigenvalue weighted by molar-refractivity contribution is 7.17. The molecule has 1 amide bonds. The van der Waals surface area contributed by atoms with Crippen LogP contribution in [0.15, 0.2) is 12.2 Å².